The zero-order valence-corrected chi connectivity index (χ0v) is 23.9. The first-order chi connectivity index (χ1) is 21.0. The van der Waals surface area contributed by atoms with Crippen molar-refractivity contribution in [3.8, 4) is 28.0 Å². The first kappa shape index (κ1) is 34.1. The molecule has 0 spiro atoms. The van der Waals surface area contributed by atoms with E-state index < -0.39 is 80.2 Å². The second kappa shape index (κ2) is 13.3. The molecule has 4 aromatic carbocycles. The molecule has 0 aliphatic carbocycles. The van der Waals surface area contributed by atoms with Crippen LogP contribution in [-0.2, 0) is 18.7 Å². The smallest absolute Gasteiger partial charge is 0.429 e. The van der Waals surface area contributed by atoms with Crippen molar-refractivity contribution in [3.05, 3.63) is 111 Å². The first-order valence-corrected chi connectivity index (χ1v) is 13.8. The average Bonchev–Trinajstić information content (AvgIpc) is 2.88. The van der Waals surface area contributed by atoms with Gasteiger partial charge in [0.15, 0.2) is 0 Å². The number of alkyl halides is 5. The van der Waals surface area contributed by atoms with Gasteiger partial charge in [-0.3, -0.25) is 0 Å². The lowest BCUT2D eigenvalue weighted by Gasteiger charge is -2.21. The predicted molar refractivity (Wildman–Crippen MR) is 146 cm³/mol. The van der Waals surface area contributed by atoms with Crippen molar-refractivity contribution in [3.63, 3.8) is 0 Å². The van der Waals surface area contributed by atoms with Crippen LogP contribution < -0.4 is 4.74 Å². The third-order valence-corrected chi connectivity index (χ3v) is 7.17. The Hall–Kier alpha value is -3.80. The number of ether oxygens (including phenoxy) is 1. The van der Waals surface area contributed by atoms with Crippen molar-refractivity contribution in [1.82, 2.24) is 0 Å². The minimum atomic E-state index is -5.51. The molecule has 0 amide bonds. The van der Waals surface area contributed by atoms with Gasteiger partial charge in [0.05, 0.1) is 5.02 Å². The Bertz CT molecular complexity index is 1650. The summed E-state index contributed by atoms with van der Waals surface area (Å²) in [6.07, 6.45) is -5.95. The maximum atomic E-state index is 15.2. The molecule has 240 valence electrons. The topological polar surface area (TPSA) is 9.23 Å². The molecule has 0 atom stereocenters. The van der Waals surface area contributed by atoms with Crippen molar-refractivity contribution < 1.29 is 53.0 Å². The molecule has 0 N–H and O–H groups in total. The quantitative estimate of drug-likeness (QED) is 0.121. The van der Waals surface area contributed by atoms with E-state index in [1.807, 2.05) is 0 Å². The molecule has 13 heteroatoms. The summed E-state index contributed by atoms with van der Waals surface area (Å²) in [5, 5.41) is -0.446. The normalized spacial score (nSPS) is 12.1. The highest BCUT2D eigenvalue weighted by molar-refractivity contribution is 6.33. The van der Waals surface area contributed by atoms with Crippen LogP contribution in [0.5, 0.6) is 5.75 Å². The molecule has 0 fully saturated rings. The predicted octanol–water partition coefficient (Wildman–Crippen LogP) is 11.8. The molecule has 0 radical (unpaired) electrons. The standard InChI is InChI=1S/C32H22ClF11O/c1-2-3-4-5-6-16-7-8-20(22(34)9-16)17-10-21(33)28(23(35)11-17)18-12-24(36)30(25(37)13-18)32(43,44)45-19-14-26(38)29(27(39)15-19)31(40,41)42/h7-15H,2-6H2,1H3. The van der Waals surface area contributed by atoms with Gasteiger partial charge in [-0.25, -0.2) is 26.3 Å². The van der Waals surface area contributed by atoms with Gasteiger partial charge in [-0.15, -0.1) is 0 Å². The van der Waals surface area contributed by atoms with Crippen molar-refractivity contribution >= 4 is 11.6 Å². The molecule has 4 rings (SSSR count). The van der Waals surface area contributed by atoms with Gasteiger partial charge in [-0.1, -0.05) is 49.9 Å². The van der Waals surface area contributed by atoms with Crippen LogP contribution in [0.4, 0.5) is 48.3 Å². The van der Waals surface area contributed by atoms with E-state index in [2.05, 4.69) is 11.7 Å². The van der Waals surface area contributed by atoms with Crippen molar-refractivity contribution in [1.29, 1.82) is 0 Å². The SMILES string of the molecule is CCCCCCc1ccc(-c2cc(F)c(-c3cc(F)c(C(F)(F)Oc4cc(F)c(C(F)(F)F)c(F)c4)c(F)c3)c(Cl)c2)c(F)c1. The van der Waals surface area contributed by atoms with Crippen molar-refractivity contribution in [2.24, 2.45) is 0 Å². The van der Waals surface area contributed by atoms with Gasteiger partial charge < -0.3 is 4.74 Å². The summed E-state index contributed by atoms with van der Waals surface area (Å²) in [6, 6.07) is 6.46. The number of unbranched alkanes of at least 4 members (excludes halogenated alkanes) is 3. The summed E-state index contributed by atoms with van der Waals surface area (Å²) in [6.45, 7) is 2.06. The third-order valence-electron chi connectivity index (χ3n) is 6.87. The lowest BCUT2D eigenvalue weighted by atomic mass is 9.96. The molecular formula is C32H22ClF11O. The van der Waals surface area contributed by atoms with Crippen LogP contribution in [-0.4, -0.2) is 0 Å². The average molecular weight is 667 g/mol. The number of halogens is 12. The van der Waals surface area contributed by atoms with Gasteiger partial charge in [0, 0.05) is 23.3 Å². The molecule has 0 saturated heterocycles. The second-order valence-corrected chi connectivity index (χ2v) is 10.5. The number of rotatable bonds is 10. The van der Waals surface area contributed by atoms with Gasteiger partial charge in [-0.05, 0) is 59.9 Å². The lowest BCUT2D eigenvalue weighted by molar-refractivity contribution is -0.189. The van der Waals surface area contributed by atoms with E-state index in [1.54, 1.807) is 6.07 Å². The van der Waals surface area contributed by atoms with Crippen LogP contribution in [0.2, 0.25) is 5.02 Å². The Morgan fingerprint density at radius 2 is 1.20 bits per heavy atom. The Morgan fingerprint density at radius 3 is 1.73 bits per heavy atom. The maximum Gasteiger partial charge on any atom is 0.432 e. The molecule has 1 nitrogen and oxygen atoms in total. The molecule has 0 bridgehead atoms. The Labute approximate surface area is 255 Å². The number of hydrogen-bond acceptors (Lipinski definition) is 1. The van der Waals surface area contributed by atoms with Gasteiger partial charge in [0.1, 0.15) is 51.8 Å². The molecule has 0 aromatic heterocycles. The largest absolute Gasteiger partial charge is 0.432 e. The fourth-order valence-corrected chi connectivity index (χ4v) is 5.10. The molecule has 0 aliphatic heterocycles. The monoisotopic (exact) mass is 666 g/mol. The first-order valence-electron chi connectivity index (χ1n) is 13.4. The Kier molecular flexibility index (Phi) is 10.1. The van der Waals surface area contributed by atoms with Crippen LogP contribution in [0.25, 0.3) is 22.3 Å². The molecule has 0 heterocycles. The summed E-state index contributed by atoms with van der Waals surface area (Å²) in [4.78, 5) is 0. The second-order valence-electron chi connectivity index (χ2n) is 10.1. The maximum absolute atomic E-state index is 15.2. The number of benzene rings is 4. The fourth-order valence-electron chi connectivity index (χ4n) is 4.78. The molecule has 4 aromatic rings. The van der Waals surface area contributed by atoms with Crippen molar-refractivity contribution in [2.45, 2.75) is 51.3 Å². The summed E-state index contributed by atoms with van der Waals surface area (Å²) >= 11 is 6.19. The van der Waals surface area contributed by atoms with Gasteiger partial charge in [0.2, 0.25) is 0 Å². The highest BCUT2D eigenvalue weighted by Gasteiger charge is 2.43. The van der Waals surface area contributed by atoms with E-state index in [0.717, 1.165) is 43.4 Å². The third kappa shape index (κ3) is 7.54. The van der Waals surface area contributed by atoms with Crippen LogP contribution in [0.3, 0.4) is 0 Å². The van der Waals surface area contributed by atoms with E-state index in [1.165, 1.54) is 12.1 Å². The number of aryl methyl sites for hydroxylation is 1. The van der Waals surface area contributed by atoms with E-state index >= 15 is 4.39 Å². The van der Waals surface area contributed by atoms with E-state index in [9.17, 15) is 43.9 Å². The van der Waals surface area contributed by atoms with E-state index in [-0.39, 0.29) is 35.4 Å². The molecule has 0 saturated carbocycles. The van der Waals surface area contributed by atoms with E-state index in [0.29, 0.717) is 6.42 Å². The zero-order valence-electron chi connectivity index (χ0n) is 23.2. The summed E-state index contributed by atoms with van der Waals surface area (Å²) < 4.78 is 159. The summed E-state index contributed by atoms with van der Waals surface area (Å²) in [5.41, 5.74) is -5.03. The highest BCUT2D eigenvalue weighted by Crippen LogP contribution is 2.42. The summed E-state index contributed by atoms with van der Waals surface area (Å²) in [5.74, 6) is -12.0. The molecule has 0 unspecified atom stereocenters. The lowest BCUT2D eigenvalue weighted by Crippen LogP contribution is -2.25. The Morgan fingerprint density at radius 1 is 0.622 bits per heavy atom. The van der Waals surface area contributed by atoms with Crippen LogP contribution in [0.1, 0.15) is 49.3 Å². The van der Waals surface area contributed by atoms with E-state index in [4.69, 9.17) is 11.6 Å². The minimum Gasteiger partial charge on any atom is -0.429 e. The zero-order chi connectivity index (χ0) is 33.3. The van der Waals surface area contributed by atoms with Crippen LogP contribution in [0, 0.1) is 34.9 Å². The minimum absolute atomic E-state index is 0.00946. The molecule has 45 heavy (non-hydrogen) atoms. The fraction of sp³-hybridized carbons (Fsp3) is 0.250. The van der Waals surface area contributed by atoms with Gasteiger partial charge in [0.25, 0.3) is 0 Å². The summed E-state index contributed by atoms with van der Waals surface area (Å²) in [7, 11) is 0. The van der Waals surface area contributed by atoms with Crippen LogP contribution >= 0.6 is 11.6 Å². The molecule has 0 aliphatic rings. The molecular weight excluding hydrogens is 645 g/mol. The van der Waals surface area contributed by atoms with Gasteiger partial charge >= 0.3 is 12.3 Å². The highest BCUT2D eigenvalue weighted by atomic mass is 35.5. The van der Waals surface area contributed by atoms with Gasteiger partial charge in [-0.2, -0.15) is 22.0 Å². The Balaban J connectivity index is 1.63. The van der Waals surface area contributed by atoms with Crippen LogP contribution in [0.15, 0.2) is 54.6 Å². The number of hydrogen-bond donors (Lipinski definition) is 0. The van der Waals surface area contributed by atoms with Crippen molar-refractivity contribution in [2.75, 3.05) is 0 Å².